The van der Waals surface area contributed by atoms with Crippen LogP contribution in [0.1, 0.15) is 12.0 Å². The molecule has 2 aromatic carbocycles. The van der Waals surface area contributed by atoms with Crippen LogP contribution in [0, 0.1) is 12.8 Å². The van der Waals surface area contributed by atoms with E-state index in [2.05, 4.69) is 10.3 Å². The molecule has 5 nitrogen and oxygen atoms in total. The van der Waals surface area contributed by atoms with Crippen molar-refractivity contribution < 1.29 is 9.59 Å². The lowest BCUT2D eigenvalue weighted by molar-refractivity contribution is -0.122. The zero-order chi connectivity index (χ0) is 19.7. The molecule has 1 atom stereocenters. The van der Waals surface area contributed by atoms with Gasteiger partial charge in [-0.3, -0.25) is 9.59 Å². The average molecular weight is 412 g/mol. The molecule has 0 aliphatic carbocycles. The average Bonchev–Trinajstić information content (AvgIpc) is 3.29. The fourth-order valence-corrected chi connectivity index (χ4v) is 4.08. The predicted octanol–water partition coefficient (Wildman–Crippen LogP) is 4.76. The quantitative estimate of drug-likeness (QED) is 0.673. The highest BCUT2D eigenvalue weighted by Gasteiger charge is 2.35. The Labute approximate surface area is 172 Å². The van der Waals surface area contributed by atoms with Crippen molar-refractivity contribution in [1.82, 2.24) is 4.98 Å². The van der Waals surface area contributed by atoms with Crippen LogP contribution in [0.3, 0.4) is 0 Å². The zero-order valence-electron chi connectivity index (χ0n) is 15.2. The number of carbonyl (C=O) groups excluding carboxylic acids is 2. The van der Waals surface area contributed by atoms with Gasteiger partial charge < -0.3 is 10.2 Å². The number of anilines is 2. The van der Waals surface area contributed by atoms with E-state index in [1.54, 1.807) is 23.1 Å². The molecular formula is C21H18ClN3O2S. The number of nitrogens with one attached hydrogen (secondary N) is 1. The van der Waals surface area contributed by atoms with Crippen LogP contribution in [0.25, 0.3) is 11.3 Å². The first-order valence-electron chi connectivity index (χ1n) is 8.89. The van der Waals surface area contributed by atoms with Crippen LogP contribution >= 0.6 is 22.9 Å². The molecule has 1 aliphatic rings. The van der Waals surface area contributed by atoms with Crippen molar-refractivity contribution in [2.75, 3.05) is 16.8 Å². The molecule has 1 saturated heterocycles. The number of nitrogens with zero attached hydrogens (tertiary/aromatic N) is 2. The van der Waals surface area contributed by atoms with Gasteiger partial charge in [0.05, 0.1) is 11.6 Å². The Balaban J connectivity index is 1.43. The lowest BCUT2D eigenvalue weighted by Crippen LogP contribution is -2.28. The van der Waals surface area contributed by atoms with Gasteiger partial charge in [0.15, 0.2) is 5.13 Å². The van der Waals surface area contributed by atoms with Crippen LogP contribution < -0.4 is 10.2 Å². The highest BCUT2D eigenvalue weighted by Crippen LogP contribution is 2.29. The topological polar surface area (TPSA) is 62.3 Å². The maximum atomic E-state index is 12.6. The Bertz CT molecular complexity index is 1030. The van der Waals surface area contributed by atoms with Crippen molar-refractivity contribution in [3.63, 3.8) is 0 Å². The molecule has 1 fully saturated rings. The SMILES string of the molecule is Cc1ccc(-c2csc(NC(=O)C3CC(=O)N(c4cccc(Cl)c4)C3)n2)cc1. The number of hydrogen-bond acceptors (Lipinski definition) is 4. The van der Waals surface area contributed by atoms with Gasteiger partial charge in [-0.25, -0.2) is 4.98 Å². The van der Waals surface area contributed by atoms with E-state index in [1.807, 2.05) is 42.6 Å². The van der Waals surface area contributed by atoms with Crippen LogP contribution in [-0.2, 0) is 9.59 Å². The highest BCUT2D eigenvalue weighted by molar-refractivity contribution is 7.14. The van der Waals surface area contributed by atoms with Crippen molar-refractivity contribution in [2.45, 2.75) is 13.3 Å². The molecule has 1 aliphatic heterocycles. The van der Waals surface area contributed by atoms with Crippen molar-refractivity contribution in [2.24, 2.45) is 5.92 Å². The minimum Gasteiger partial charge on any atom is -0.312 e. The van der Waals surface area contributed by atoms with Gasteiger partial charge in [0.25, 0.3) is 0 Å². The summed E-state index contributed by atoms with van der Waals surface area (Å²) in [6.07, 6.45) is 0.175. The summed E-state index contributed by atoms with van der Waals surface area (Å²) < 4.78 is 0. The molecule has 0 spiro atoms. The summed E-state index contributed by atoms with van der Waals surface area (Å²) in [6.45, 7) is 2.37. The van der Waals surface area contributed by atoms with Gasteiger partial charge in [0.2, 0.25) is 11.8 Å². The second-order valence-electron chi connectivity index (χ2n) is 6.78. The van der Waals surface area contributed by atoms with E-state index < -0.39 is 5.92 Å². The highest BCUT2D eigenvalue weighted by atomic mass is 35.5. The second kappa shape index (κ2) is 7.73. The van der Waals surface area contributed by atoms with E-state index in [4.69, 9.17) is 11.6 Å². The minimum atomic E-state index is -0.418. The third-order valence-electron chi connectivity index (χ3n) is 4.70. The molecular weight excluding hydrogens is 394 g/mol. The van der Waals surface area contributed by atoms with E-state index in [-0.39, 0.29) is 18.2 Å². The van der Waals surface area contributed by atoms with Gasteiger partial charge in [-0.1, -0.05) is 47.5 Å². The van der Waals surface area contributed by atoms with Gasteiger partial charge in [-0.15, -0.1) is 11.3 Å². The fraction of sp³-hybridized carbons (Fsp3) is 0.190. The number of halogens is 1. The molecule has 7 heteroatoms. The number of hydrogen-bond donors (Lipinski definition) is 1. The number of aromatic nitrogens is 1. The van der Waals surface area contributed by atoms with E-state index in [0.29, 0.717) is 22.4 Å². The molecule has 1 aromatic heterocycles. The van der Waals surface area contributed by atoms with Crippen molar-refractivity contribution in [3.05, 3.63) is 64.5 Å². The lowest BCUT2D eigenvalue weighted by Gasteiger charge is -2.16. The Kier molecular flexibility index (Phi) is 5.15. The van der Waals surface area contributed by atoms with E-state index in [1.165, 1.54) is 16.9 Å². The predicted molar refractivity (Wildman–Crippen MR) is 113 cm³/mol. The molecule has 142 valence electrons. The maximum absolute atomic E-state index is 12.6. The first kappa shape index (κ1) is 18.7. The van der Waals surface area contributed by atoms with E-state index in [9.17, 15) is 9.59 Å². The monoisotopic (exact) mass is 411 g/mol. The van der Waals surface area contributed by atoms with E-state index >= 15 is 0 Å². The summed E-state index contributed by atoms with van der Waals surface area (Å²) in [4.78, 5) is 31.1. The third kappa shape index (κ3) is 3.93. The molecule has 1 unspecified atom stereocenters. The summed E-state index contributed by atoms with van der Waals surface area (Å²) in [5.74, 6) is -0.692. The molecule has 1 N–H and O–H groups in total. The van der Waals surface area contributed by atoms with Crippen LogP contribution in [0.15, 0.2) is 53.9 Å². The smallest absolute Gasteiger partial charge is 0.231 e. The van der Waals surface area contributed by atoms with Gasteiger partial charge in [0, 0.05) is 34.6 Å². The maximum Gasteiger partial charge on any atom is 0.231 e. The lowest BCUT2D eigenvalue weighted by atomic mass is 10.1. The first-order chi connectivity index (χ1) is 13.5. The van der Waals surface area contributed by atoms with Crippen molar-refractivity contribution >= 4 is 45.6 Å². The fourth-order valence-electron chi connectivity index (χ4n) is 3.17. The molecule has 0 bridgehead atoms. The summed E-state index contributed by atoms with van der Waals surface area (Å²) in [7, 11) is 0. The third-order valence-corrected chi connectivity index (χ3v) is 5.69. The van der Waals surface area contributed by atoms with Crippen LogP contribution in [0.2, 0.25) is 5.02 Å². The van der Waals surface area contributed by atoms with Crippen molar-refractivity contribution in [1.29, 1.82) is 0 Å². The Morgan fingerprint density at radius 2 is 2.04 bits per heavy atom. The van der Waals surface area contributed by atoms with Gasteiger partial charge in [-0.05, 0) is 25.1 Å². The number of thiazole rings is 1. The van der Waals surface area contributed by atoms with E-state index in [0.717, 1.165) is 11.3 Å². The number of rotatable bonds is 4. The number of carbonyl (C=O) groups is 2. The molecule has 2 heterocycles. The molecule has 3 aromatic rings. The molecule has 28 heavy (non-hydrogen) atoms. The molecule has 0 saturated carbocycles. The number of aryl methyl sites for hydroxylation is 1. The van der Waals surface area contributed by atoms with Gasteiger partial charge in [-0.2, -0.15) is 0 Å². The summed E-state index contributed by atoms with van der Waals surface area (Å²) in [6, 6.07) is 15.2. The Hall–Kier alpha value is -2.70. The Morgan fingerprint density at radius 1 is 1.25 bits per heavy atom. The van der Waals surface area contributed by atoms with Crippen LogP contribution in [0.5, 0.6) is 0 Å². The molecule has 0 radical (unpaired) electrons. The standard InChI is InChI=1S/C21H18ClN3O2S/c1-13-5-7-14(8-6-13)18-12-28-21(23-18)24-20(27)15-9-19(26)25(11-15)17-4-2-3-16(22)10-17/h2-8,10,12,15H,9,11H2,1H3,(H,23,24,27). The van der Waals surface area contributed by atoms with Crippen LogP contribution in [0.4, 0.5) is 10.8 Å². The van der Waals surface area contributed by atoms with Crippen molar-refractivity contribution in [3.8, 4) is 11.3 Å². The summed E-state index contributed by atoms with van der Waals surface area (Å²) in [5, 5.41) is 5.86. The van der Waals surface area contributed by atoms with Crippen LogP contribution in [-0.4, -0.2) is 23.3 Å². The molecule has 2 amide bonds. The minimum absolute atomic E-state index is 0.0816. The zero-order valence-corrected chi connectivity index (χ0v) is 16.8. The second-order valence-corrected chi connectivity index (χ2v) is 8.07. The largest absolute Gasteiger partial charge is 0.312 e. The van der Waals surface area contributed by atoms with Gasteiger partial charge >= 0.3 is 0 Å². The Morgan fingerprint density at radius 3 is 2.79 bits per heavy atom. The summed E-state index contributed by atoms with van der Waals surface area (Å²) in [5.41, 5.74) is 3.72. The normalized spacial score (nSPS) is 16.4. The number of amides is 2. The first-order valence-corrected chi connectivity index (χ1v) is 10.1. The van der Waals surface area contributed by atoms with Gasteiger partial charge in [0.1, 0.15) is 0 Å². The molecule has 4 rings (SSSR count). The number of benzene rings is 2. The summed E-state index contributed by atoms with van der Waals surface area (Å²) >= 11 is 7.39.